The number of nitrogens with zero attached hydrogens (tertiary/aromatic N) is 1. The van der Waals surface area contributed by atoms with Crippen molar-refractivity contribution in [2.75, 3.05) is 0 Å². The third kappa shape index (κ3) is 2.85. The number of aromatic nitrogens is 1. The van der Waals surface area contributed by atoms with Crippen LogP contribution in [0.4, 0.5) is 8.78 Å². The Hall–Kier alpha value is -2.21. The van der Waals surface area contributed by atoms with E-state index >= 15 is 0 Å². The average molecular weight is 300 g/mol. The first-order valence-corrected chi connectivity index (χ1v) is 5.78. The Morgan fingerprint density at radius 3 is 2.60 bits per heavy atom. The van der Waals surface area contributed by atoms with Crippen molar-refractivity contribution < 1.29 is 23.4 Å². The summed E-state index contributed by atoms with van der Waals surface area (Å²) in [6.07, 6.45) is 1.30. The van der Waals surface area contributed by atoms with Gasteiger partial charge in [-0.05, 0) is 13.0 Å². The van der Waals surface area contributed by atoms with E-state index in [1.807, 2.05) is 0 Å². The number of ether oxygens (including phenoxy) is 1. The van der Waals surface area contributed by atoms with E-state index in [2.05, 4.69) is 4.98 Å². The summed E-state index contributed by atoms with van der Waals surface area (Å²) in [6, 6.07) is 2.61. The van der Waals surface area contributed by atoms with Crippen molar-refractivity contribution in [3.8, 4) is 11.5 Å². The van der Waals surface area contributed by atoms with Gasteiger partial charge < -0.3 is 9.84 Å². The smallest absolute Gasteiger partial charge is 0.338 e. The van der Waals surface area contributed by atoms with E-state index in [0.717, 1.165) is 0 Å². The number of hydrogen-bond donors (Lipinski definition) is 1. The van der Waals surface area contributed by atoms with Gasteiger partial charge in [-0.2, -0.15) is 0 Å². The monoisotopic (exact) mass is 299 g/mol. The summed E-state index contributed by atoms with van der Waals surface area (Å²) in [5.41, 5.74) is -0.207. The van der Waals surface area contributed by atoms with E-state index in [1.165, 1.54) is 12.3 Å². The van der Waals surface area contributed by atoms with Crippen molar-refractivity contribution >= 4 is 17.6 Å². The van der Waals surface area contributed by atoms with Gasteiger partial charge in [-0.1, -0.05) is 11.6 Å². The largest absolute Gasteiger partial charge is 0.478 e. The van der Waals surface area contributed by atoms with E-state index in [4.69, 9.17) is 21.4 Å². The fourth-order valence-corrected chi connectivity index (χ4v) is 1.60. The maximum atomic E-state index is 13.6. The molecule has 0 aliphatic carbocycles. The Labute approximate surface area is 117 Å². The molecule has 0 spiro atoms. The first kappa shape index (κ1) is 14.2. The number of rotatable bonds is 3. The van der Waals surface area contributed by atoms with Gasteiger partial charge in [0.25, 0.3) is 0 Å². The van der Waals surface area contributed by atoms with E-state index in [0.29, 0.717) is 22.8 Å². The second-order valence-electron chi connectivity index (χ2n) is 3.91. The fourth-order valence-electron chi connectivity index (χ4n) is 1.44. The lowest BCUT2D eigenvalue weighted by Crippen LogP contribution is -2.02. The van der Waals surface area contributed by atoms with Crippen LogP contribution in [0.15, 0.2) is 24.4 Å². The number of aromatic carboxylic acids is 1. The number of carboxylic acid groups (broad SMARTS) is 1. The predicted octanol–water partition coefficient (Wildman–Crippen LogP) is 3.81. The van der Waals surface area contributed by atoms with E-state index in [9.17, 15) is 13.6 Å². The number of benzene rings is 1. The molecule has 0 radical (unpaired) electrons. The number of aryl methyl sites for hydroxylation is 1. The summed E-state index contributed by atoms with van der Waals surface area (Å²) < 4.78 is 32.2. The molecule has 0 aliphatic heterocycles. The predicted molar refractivity (Wildman–Crippen MR) is 67.4 cm³/mol. The third-order valence-corrected chi connectivity index (χ3v) is 2.86. The Morgan fingerprint density at radius 1 is 1.30 bits per heavy atom. The molecule has 0 fully saturated rings. The molecule has 0 atom stereocenters. The first-order valence-electron chi connectivity index (χ1n) is 5.41. The van der Waals surface area contributed by atoms with Crippen molar-refractivity contribution in [1.82, 2.24) is 4.98 Å². The zero-order valence-electron chi connectivity index (χ0n) is 10.2. The Bertz CT molecular complexity index is 692. The van der Waals surface area contributed by atoms with Crippen LogP contribution in [0.3, 0.4) is 0 Å². The number of carbonyl (C=O) groups is 1. The Balaban J connectivity index is 2.36. The standard InChI is InChI=1S/C13H8ClF2NO3/c1-6-9(14)2-7(5-17-6)20-12-4-10(15)8(13(18)19)3-11(12)16/h2-5H,1H3,(H,18,19). The minimum Gasteiger partial charge on any atom is -0.478 e. The van der Waals surface area contributed by atoms with Crippen LogP contribution in [0, 0.1) is 18.6 Å². The summed E-state index contributed by atoms with van der Waals surface area (Å²) in [7, 11) is 0. The molecule has 0 bridgehead atoms. The normalized spacial score (nSPS) is 10.4. The van der Waals surface area contributed by atoms with Crippen LogP contribution in [-0.4, -0.2) is 16.1 Å². The topological polar surface area (TPSA) is 59.4 Å². The number of pyridine rings is 1. The minimum atomic E-state index is -1.56. The fraction of sp³-hybridized carbons (Fsp3) is 0.0769. The van der Waals surface area contributed by atoms with Crippen LogP contribution >= 0.6 is 11.6 Å². The van der Waals surface area contributed by atoms with Crippen LogP contribution in [0.2, 0.25) is 5.02 Å². The highest BCUT2D eigenvalue weighted by molar-refractivity contribution is 6.31. The zero-order chi connectivity index (χ0) is 14.9. The lowest BCUT2D eigenvalue weighted by atomic mass is 10.2. The second-order valence-corrected chi connectivity index (χ2v) is 4.32. The zero-order valence-corrected chi connectivity index (χ0v) is 10.9. The molecular weight excluding hydrogens is 292 g/mol. The van der Waals surface area contributed by atoms with Gasteiger partial charge in [0.1, 0.15) is 11.6 Å². The van der Waals surface area contributed by atoms with Gasteiger partial charge in [-0.15, -0.1) is 0 Å². The maximum absolute atomic E-state index is 13.6. The minimum absolute atomic E-state index is 0.113. The molecular formula is C13H8ClF2NO3. The van der Waals surface area contributed by atoms with Gasteiger partial charge in [0.2, 0.25) is 0 Å². The van der Waals surface area contributed by atoms with Crippen LogP contribution in [0.5, 0.6) is 11.5 Å². The van der Waals surface area contributed by atoms with Crippen molar-refractivity contribution in [2.24, 2.45) is 0 Å². The summed E-state index contributed by atoms with van der Waals surface area (Å²) in [5, 5.41) is 8.97. The van der Waals surface area contributed by atoms with Crippen LogP contribution in [0.25, 0.3) is 0 Å². The third-order valence-electron chi connectivity index (χ3n) is 2.48. The lowest BCUT2D eigenvalue weighted by Gasteiger charge is -2.08. The van der Waals surface area contributed by atoms with E-state index < -0.39 is 28.9 Å². The molecule has 20 heavy (non-hydrogen) atoms. The van der Waals surface area contributed by atoms with Gasteiger partial charge in [0, 0.05) is 12.1 Å². The maximum Gasteiger partial charge on any atom is 0.338 e. The van der Waals surface area contributed by atoms with Crippen molar-refractivity contribution in [1.29, 1.82) is 0 Å². The molecule has 0 amide bonds. The highest BCUT2D eigenvalue weighted by atomic mass is 35.5. The van der Waals surface area contributed by atoms with Gasteiger partial charge in [0.05, 0.1) is 22.5 Å². The number of carboxylic acids is 1. The molecule has 2 aromatic rings. The highest BCUT2D eigenvalue weighted by Crippen LogP contribution is 2.28. The van der Waals surface area contributed by atoms with Gasteiger partial charge >= 0.3 is 5.97 Å². The molecule has 1 heterocycles. The Kier molecular flexibility index (Phi) is 3.85. The van der Waals surface area contributed by atoms with E-state index in [-0.39, 0.29) is 5.75 Å². The molecule has 0 saturated heterocycles. The second kappa shape index (κ2) is 5.42. The van der Waals surface area contributed by atoms with Gasteiger partial charge in [-0.3, -0.25) is 4.98 Å². The summed E-state index contributed by atoms with van der Waals surface area (Å²) in [5.74, 6) is -4.00. The molecule has 7 heteroatoms. The summed E-state index contributed by atoms with van der Waals surface area (Å²) >= 11 is 5.83. The van der Waals surface area contributed by atoms with E-state index in [1.54, 1.807) is 6.92 Å². The molecule has 0 unspecified atom stereocenters. The van der Waals surface area contributed by atoms with Gasteiger partial charge in [-0.25, -0.2) is 13.6 Å². The molecule has 4 nitrogen and oxygen atoms in total. The van der Waals surface area contributed by atoms with Gasteiger partial charge in [0.15, 0.2) is 11.6 Å². The van der Waals surface area contributed by atoms with Crippen LogP contribution in [-0.2, 0) is 0 Å². The number of hydrogen-bond acceptors (Lipinski definition) is 3. The molecule has 2 rings (SSSR count). The van der Waals surface area contributed by atoms with Crippen molar-refractivity contribution in [3.05, 3.63) is 52.3 Å². The quantitative estimate of drug-likeness (QED) is 0.936. The molecule has 1 aromatic heterocycles. The molecule has 0 saturated carbocycles. The first-order chi connectivity index (χ1) is 9.38. The Morgan fingerprint density at radius 2 is 2.00 bits per heavy atom. The average Bonchev–Trinajstić information content (AvgIpc) is 2.37. The van der Waals surface area contributed by atoms with Crippen LogP contribution < -0.4 is 4.74 Å². The van der Waals surface area contributed by atoms with Crippen molar-refractivity contribution in [2.45, 2.75) is 6.92 Å². The molecule has 1 aromatic carbocycles. The molecule has 104 valence electrons. The molecule has 0 aliphatic rings. The lowest BCUT2D eigenvalue weighted by molar-refractivity contribution is 0.0691. The summed E-state index contributed by atoms with van der Waals surface area (Å²) in [6.45, 7) is 1.67. The highest BCUT2D eigenvalue weighted by Gasteiger charge is 2.16. The summed E-state index contributed by atoms with van der Waals surface area (Å²) in [4.78, 5) is 14.6. The SMILES string of the molecule is Cc1ncc(Oc2cc(F)c(C(=O)O)cc2F)cc1Cl. The molecule has 1 N–H and O–H groups in total. The van der Waals surface area contributed by atoms with Crippen LogP contribution in [0.1, 0.15) is 16.1 Å². The van der Waals surface area contributed by atoms with Crippen molar-refractivity contribution in [3.63, 3.8) is 0 Å². The number of halogens is 3.